The Morgan fingerprint density at radius 1 is 0.917 bits per heavy atom. The van der Waals surface area contributed by atoms with Crippen molar-refractivity contribution in [1.82, 2.24) is 14.7 Å². The number of hydrogen-bond acceptors (Lipinski definition) is 6. The minimum Gasteiger partial charge on any atom is -0.497 e. The first kappa shape index (κ1) is 23.9. The molecule has 2 aromatic carbocycles. The van der Waals surface area contributed by atoms with Crippen LogP contribution in [0.25, 0.3) is 11.3 Å². The van der Waals surface area contributed by atoms with Crippen molar-refractivity contribution in [2.75, 3.05) is 46.4 Å². The minimum atomic E-state index is -0.156. The van der Waals surface area contributed by atoms with Crippen LogP contribution < -0.4 is 9.47 Å². The molecule has 1 aromatic heterocycles. The Morgan fingerprint density at radius 3 is 2.42 bits per heavy atom. The maximum absolute atomic E-state index is 13.3. The van der Waals surface area contributed by atoms with Crippen molar-refractivity contribution < 1.29 is 23.5 Å². The van der Waals surface area contributed by atoms with Gasteiger partial charge in [-0.1, -0.05) is 6.07 Å². The summed E-state index contributed by atoms with van der Waals surface area (Å²) in [6.45, 7) is 7.01. The Balaban J connectivity index is 1.26. The van der Waals surface area contributed by atoms with Crippen LogP contribution in [0.1, 0.15) is 28.6 Å². The Morgan fingerprint density at radius 2 is 1.69 bits per heavy atom. The highest BCUT2D eigenvalue weighted by Gasteiger charge is 2.25. The summed E-state index contributed by atoms with van der Waals surface area (Å²) in [5.41, 5.74) is 3.04. The monoisotopic (exact) mass is 489 g/mol. The first-order chi connectivity index (χ1) is 17.5. The van der Waals surface area contributed by atoms with Crippen molar-refractivity contribution in [3.63, 3.8) is 0 Å². The number of ether oxygens (including phenoxy) is 2. The van der Waals surface area contributed by atoms with Crippen molar-refractivity contribution in [2.24, 2.45) is 0 Å². The van der Waals surface area contributed by atoms with Gasteiger partial charge in [-0.15, -0.1) is 0 Å². The van der Waals surface area contributed by atoms with E-state index < -0.39 is 0 Å². The van der Waals surface area contributed by atoms with Gasteiger partial charge in [0.05, 0.1) is 13.7 Å². The lowest BCUT2D eigenvalue weighted by Gasteiger charge is -2.34. The molecule has 1 saturated heterocycles. The molecule has 2 amide bonds. The van der Waals surface area contributed by atoms with Gasteiger partial charge in [0.25, 0.3) is 5.91 Å². The summed E-state index contributed by atoms with van der Waals surface area (Å²) in [6, 6.07) is 17.3. The quantitative estimate of drug-likeness (QED) is 0.545. The number of methoxy groups -OCH3 is 1. The molecule has 3 aromatic rings. The van der Waals surface area contributed by atoms with E-state index in [1.165, 1.54) is 5.56 Å². The number of nitrogens with zero attached hydrogens (tertiary/aromatic N) is 3. The fraction of sp³-hybridized carbons (Fsp3) is 0.357. The lowest BCUT2D eigenvalue weighted by molar-refractivity contribution is -0.130. The standard InChI is InChI=1S/C28H31N3O5/c1-20(32)30-13-11-29(12-14-30)18-21-3-8-25-23(17-21)19-31(15-16-35-25)28(33)27-10-9-26(36-27)22-4-6-24(34-2)7-5-22/h3-10,17H,11-16,18-19H2,1-2H3. The Hall–Kier alpha value is -3.78. The van der Waals surface area contributed by atoms with Crippen LogP contribution in [0.15, 0.2) is 59.0 Å². The second-order valence-corrected chi connectivity index (χ2v) is 9.19. The third-order valence-corrected chi connectivity index (χ3v) is 6.81. The van der Waals surface area contributed by atoms with Crippen LogP contribution >= 0.6 is 0 Å². The molecule has 2 aliphatic heterocycles. The number of carbonyl (C=O) groups excluding carboxylic acids is 2. The van der Waals surface area contributed by atoms with E-state index in [-0.39, 0.29) is 11.8 Å². The SMILES string of the molecule is COc1ccc(-c2ccc(C(=O)N3CCOc4ccc(CN5CCN(C(C)=O)CC5)cc4C3)o2)cc1. The maximum atomic E-state index is 13.3. The number of rotatable bonds is 5. The van der Waals surface area contributed by atoms with E-state index in [9.17, 15) is 9.59 Å². The average molecular weight is 490 g/mol. The molecule has 0 unspecified atom stereocenters. The van der Waals surface area contributed by atoms with Crippen molar-refractivity contribution in [1.29, 1.82) is 0 Å². The molecular weight excluding hydrogens is 458 g/mol. The van der Waals surface area contributed by atoms with Gasteiger partial charge in [-0.3, -0.25) is 14.5 Å². The first-order valence-electron chi connectivity index (χ1n) is 12.3. The molecule has 0 N–H and O–H groups in total. The molecule has 8 heteroatoms. The van der Waals surface area contributed by atoms with Crippen LogP contribution in [0.5, 0.6) is 11.5 Å². The highest BCUT2D eigenvalue weighted by Crippen LogP contribution is 2.28. The Labute approximate surface area is 211 Å². The zero-order chi connectivity index (χ0) is 25.1. The molecule has 0 radical (unpaired) electrons. The third kappa shape index (κ3) is 5.23. The summed E-state index contributed by atoms with van der Waals surface area (Å²) >= 11 is 0. The summed E-state index contributed by atoms with van der Waals surface area (Å²) in [6.07, 6.45) is 0. The number of piperazine rings is 1. The molecule has 8 nitrogen and oxygen atoms in total. The predicted octanol–water partition coefficient (Wildman–Crippen LogP) is 3.65. The predicted molar refractivity (Wildman–Crippen MR) is 135 cm³/mol. The van der Waals surface area contributed by atoms with Crippen LogP contribution in [-0.4, -0.2) is 73.0 Å². The van der Waals surface area contributed by atoms with E-state index in [0.717, 1.165) is 55.3 Å². The van der Waals surface area contributed by atoms with Crippen LogP contribution in [0.2, 0.25) is 0 Å². The molecule has 36 heavy (non-hydrogen) atoms. The fourth-order valence-electron chi connectivity index (χ4n) is 4.72. The van der Waals surface area contributed by atoms with Gasteiger partial charge in [0, 0.05) is 57.3 Å². The molecular formula is C28H31N3O5. The van der Waals surface area contributed by atoms with E-state index in [0.29, 0.717) is 31.2 Å². The Bertz CT molecular complexity index is 1230. The summed E-state index contributed by atoms with van der Waals surface area (Å²) in [4.78, 5) is 30.9. The molecule has 0 aliphatic carbocycles. The average Bonchev–Trinajstić information content (AvgIpc) is 3.30. The molecule has 0 spiro atoms. The Kier molecular flexibility index (Phi) is 6.95. The van der Waals surface area contributed by atoms with Gasteiger partial charge in [-0.2, -0.15) is 0 Å². The van der Waals surface area contributed by atoms with E-state index in [2.05, 4.69) is 17.0 Å². The molecule has 0 saturated carbocycles. The highest BCUT2D eigenvalue weighted by atomic mass is 16.5. The molecule has 188 valence electrons. The molecule has 3 heterocycles. The number of furan rings is 1. The number of amides is 2. The number of carbonyl (C=O) groups is 2. The van der Waals surface area contributed by atoms with Gasteiger partial charge in [0.1, 0.15) is 23.9 Å². The molecule has 1 fully saturated rings. The topological polar surface area (TPSA) is 75.5 Å². The van der Waals surface area contributed by atoms with Gasteiger partial charge in [0.15, 0.2) is 5.76 Å². The van der Waals surface area contributed by atoms with E-state index in [1.54, 1.807) is 25.0 Å². The van der Waals surface area contributed by atoms with Gasteiger partial charge < -0.3 is 23.7 Å². The highest BCUT2D eigenvalue weighted by molar-refractivity contribution is 5.92. The second kappa shape index (κ2) is 10.5. The third-order valence-electron chi connectivity index (χ3n) is 6.81. The summed E-state index contributed by atoms with van der Waals surface area (Å²) < 4.78 is 17.1. The van der Waals surface area contributed by atoms with E-state index >= 15 is 0 Å². The smallest absolute Gasteiger partial charge is 0.290 e. The van der Waals surface area contributed by atoms with Crippen molar-refractivity contribution >= 4 is 11.8 Å². The maximum Gasteiger partial charge on any atom is 0.290 e. The molecule has 0 bridgehead atoms. The zero-order valence-corrected chi connectivity index (χ0v) is 20.7. The summed E-state index contributed by atoms with van der Waals surface area (Å²) in [7, 11) is 1.63. The molecule has 5 rings (SSSR count). The van der Waals surface area contributed by atoms with Crippen molar-refractivity contribution in [3.8, 4) is 22.8 Å². The summed E-state index contributed by atoms with van der Waals surface area (Å²) in [5.74, 6) is 2.51. The normalized spacial score (nSPS) is 16.2. The lowest BCUT2D eigenvalue weighted by Crippen LogP contribution is -2.47. The minimum absolute atomic E-state index is 0.134. The van der Waals surface area contributed by atoms with Gasteiger partial charge >= 0.3 is 0 Å². The van der Waals surface area contributed by atoms with Crippen molar-refractivity contribution in [2.45, 2.75) is 20.0 Å². The zero-order valence-electron chi connectivity index (χ0n) is 20.7. The van der Waals surface area contributed by atoms with E-state index in [4.69, 9.17) is 13.9 Å². The first-order valence-corrected chi connectivity index (χ1v) is 12.3. The lowest BCUT2D eigenvalue weighted by atomic mass is 10.1. The van der Waals surface area contributed by atoms with E-state index in [1.807, 2.05) is 41.3 Å². The molecule has 2 aliphatic rings. The number of hydrogen-bond donors (Lipinski definition) is 0. The largest absolute Gasteiger partial charge is 0.497 e. The van der Waals surface area contributed by atoms with Gasteiger partial charge in [-0.05, 0) is 54.1 Å². The van der Waals surface area contributed by atoms with Crippen LogP contribution in [-0.2, 0) is 17.9 Å². The van der Waals surface area contributed by atoms with Gasteiger partial charge in [-0.25, -0.2) is 0 Å². The molecule has 0 atom stereocenters. The number of benzene rings is 2. The summed E-state index contributed by atoms with van der Waals surface area (Å²) in [5, 5.41) is 0. The van der Waals surface area contributed by atoms with Crippen molar-refractivity contribution in [3.05, 3.63) is 71.5 Å². The number of fused-ring (bicyclic) bond motifs is 1. The van der Waals surface area contributed by atoms with Crippen LogP contribution in [0.3, 0.4) is 0 Å². The van der Waals surface area contributed by atoms with Gasteiger partial charge in [0.2, 0.25) is 5.91 Å². The second-order valence-electron chi connectivity index (χ2n) is 9.19. The van der Waals surface area contributed by atoms with Crippen LogP contribution in [0, 0.1) is 0 Å². The van der Waals surface area contributed by atoms with Crippen LogP contribution in [0.4, 0.5) is 0 Å². The fourth-order valence-corrected chi connectivity index (χ4v) is 4.72.